The first kappa shape index (κ1) is 23.8. The van der Waals surface area contributed by atoms with E-state index in [0.29, 0.717) is 0 Å². The van der Waals surface area contributed by atoms with Gasteiger partial charge in [0.2, 0.25) is 0 Å². The topological polar surface area (TPSA) is 171 Å². The van der Waals surface area contributed by atoms with Crippen molar-refractivity contribution in [3.8, 4) is 6.07 Å². The van der Waals surface area contributed by atoms with Crippen LogP contribution in [0.3, 0.4) is 0 Å². The lowest BCUT2D eigenvalue weighted by Crippen LogP contribution is -2.36. The molecule has 0 saturated heterocycles. The normalized spacial score (nSPS) is 10.6. The smallest absolute Gasteiger partial charge is 0.327 e. The van der Waals surface area contributed by atoms with Crippen LogP contribution in [-0.4, -0.2) is 34.0 Å². The number of nitro benzene ring substituents is 2. The first-order valence-corrected chi connectivity index (χ1v) is 9.27. The van der Waals surface area contributed by atoms with Crippen LogP contribution < -0.4 is 0 Å². The minimum atomic E-state index is -2.15. The van der Waals surface area contributed by atoms with Gasteiger partial charge in [0.25, 0.3) is 11.4 Å². The molecule has 0 bridgehead atoms. The SMILES string of the molecule is CCOC(=O)C(C#N)(CC(=O)c1ccc([N+](=O)[O-])cc1)CC(=O)c1ccc([N+](=O)[O-])cc1. The number of ketones is 2. The maximum absolute atomic E-state index is 12.7. The highest BCUT2D eigenvalue weighted by Crippen LogP contribution is 2.32. The summed E-state index contributed by atoms with van der Waals surface area (Å²) in [5, 5.41) is 31.3. The number of carbonyl (C=O) groups excluding carboxylic acids is 3. The number of nitriles is 1. The predicted molar refractivity (Wildman–Crippen MR) is 109 cm³/mol. The number of hydrogen-bond acceptors (Lipinski definition) is 9. The van der Waals surface area contributed by atoms with Gasteiger partial charge in [-0.1, -0.05) is 0 Å². The lowest BCUT2D eigenvalue weighted by atomic mass is 9.77. The number of Topliss-reactive ketones (excluding diaryl/α,β-unsaturated/α-hetero) is 2. The molecule has 0 fully saturated rings. The molecule has 0 aliphatic rings. The fourth-order valence-corrected chi connectivity index (χ4v) is 2.89. The number of nitro groups is 2. The second kappa shape index (κ2) is 10.0. The molecule has 11 heteroatoms. The van der Waals surface area contributed by atoms with Crippen molar-refractivity contribution < 1.29 is 29.0 Å². The van der Waals surface area contributed by atoms with E-state index in [1.807, 2.05) is 0 Å². The Balaban J connectivity index is 2.33. The van der Waals surface area contributed by atoms with Crippen molar-refractivity contribution in [3.05, 3.63) is 79.9 Å². The van der Waals surface area contributed by atoms with Crippen molar-refractivity contribution in [2.45, 2.75) is 19.8 Å². The maximum Gasteiger partial charge on any atom is 0.327 e. The number of carbonyl (C=O) groups is 3. The van der Waals surface area contributed by atoms with E-state index >= 15 is 0 Å². The highest BCUT2D eigenvalue weighted by molar-refractivity contribution is 6.04. The van der Waals surface area contributed by atoms with E-state index in [-0.39, 0.29) is 29.1 Å². The Bertz CT molecular complexity index is 1030. The van der Waals surface area contributed by atoms with E-state index in [1.165, 1.54) is 31.2 Å². The van der Waals surface area contributed by atoms with Crippen LogP contribution in [0.5, 0.6) is 0 Å². The third-order valence-corrected chi connectivity index (χ3v) is 4.61. The molecule has 0 aliphatic carbocycles. The average molecular weight is 439 g/mol. The molecule has 0 amide bonds. The number of nitrogens with zero attached hydrogens (tertiary/aromatic N) is 3. The lowest BCUT2D eigenvalue weighted by Gasteiger charge is -2.23. The molecule has 0 heterocycles. The summed E-state index contributed by atoms with van der Waals surface area (Å²) in [6, 6.07) is 10.9. The molecular weight excluding hydrogens is 422 g/mol. The van der Waals surface area contributed by atoms with Crippen LogP contribution in [-0.2, 0) is 9.53 Å². The van der Waals surface area contributed by atoms with Gasteiger partial charge in [-0.05, 0) is 31.2 Å². The highest BCUT2D eigenvalue weighted by atomic mass is 16.6. The molecule has 32 heavy (non-hydrogen) atoms. The Morgan fingerprint density at radius 2 is 1.25 bits per heavy atom. The molecule has 0 N–H and O–H groups in total. The standard InChI is InChI=1S/C21H17N3O8/c1-2-32-20(27)21(13-22,11-18(25)14-3-7-16(8-4-14)23(28)29)12-19(26)15-5-9-17(10-6-15)24(30)31/h3-10H,2,11-12H2,1H3. The largest absolute Gasteiger partial charge is 0.465 e. The van der Waals surface area contributed by atoms with Crippen LogP contribution in [0.2, 0.25) is 0 Å². The number of non-ortho nitro benzene ring substituents is 2. The summed E-state index contributed by atoms with van der Waals surface area (Å²) < 4.78 is 4.93. The third kappa shape index (κ3) is 5.37. The molecule has 2 aromatic rings. The Morgan fingerprint density at radius 1 is 0.875 bits per heavy atom. The third-order valence-electron chi connectivity index (χ3n) is 4.61. The number of esters is 1. The van der Waals surface area contributed by atoms with Crippen molar-refractivity contribution in [1.29, 1.82) is 5.26 Å². The van der Waals surface area contributed by atoms with Crippen LogP contribution in [0, 0.1) is 37.0 Å². The molecular formula is C21H17N3O8. The predicted octanol–water partition coefficient (Wildman–Crippen LogP) is 3.42. The summed E-state index contributed by atoms with van der Waals surface area (Å²) in [7, 11) is 0. The van der Waals surface area contributed by atoms with Gasteiger partial charge in [-0.2, -0.15) is 5.26 Å². The van der Waals surface area contributed by atoms with E-state index in [4.69, 9.17) is 4.74 Å². The number of rotatable bonds is 10. The second-order valence-corrected chi connectivity index (χ2v) is 6.72. The zero-order chi connectivity index (χ0) is 23.9. The van der Waals surface area contributed by atoms with E-state index < -0.39 is 45.6 Å². The minimum Gasteiger partial charge on any atom is -0.465 e. The zero-order valence-electron chi connectivity index (χ0n) is 16.8. The van der Waals surface area contributed by atoms with Crippen molar-refractivity contribution in [2.75, 3.05) is 6.61 Å². The van der Waals surface area contributed by atoms with Gasteiger partial charge in [0.15, 0.2) is 17.0 Å². The number of hydrogen-bond donors (Lipinski definition) is 0. The van der Waals surface area contributed by atoms with Gasteiger partial charge in [-0.25, -0.2) is 0 Å². The van der Waals surface area contributed by atoms with Crippen LogP contribution in [0.15, 0.2) is 48.5 Å². The molecule has 2 rings (SSSR count). The van der Waals surface area contributed by atoms with Crippen molar-refractivity contribution >= 4 is 28.9 Å². The molecule has 0 radical (unpaired) electrons. The summed E-state index contributed by atoms with van der Waals surface area (Å²) in [6.45, 7) is 1.40. The van der Waals surface area contributed by atoms with Gasteiger partial charge < -0.3 is 4.74 Å². The molecule has 0 atom stereocenters. The summed E-state index contributed by atoms with van der Waals surface area (Å²) in [6.07, 6.45) is -1.39. The summed E-state index contributed by atoms with van der Waals surface area (Å²) >= 11 is 0. The molecule has 0 spiro atoms. The molecule has 0 saturated carbocycles. The van der Waals surface area contributed by atoms with Crippen molar-refractivity contribution in [3.63, 3.8) is 0 Å². The van der Waals surface area contributed by atoms with Gasteiger partial charge >= 0.3 is 5.97 Å². The van der Waals surface area contributed by atoms with Gasteiger partial charge in [0, 0.05) is 48.2 Å². The van der Waals surface area contributed by atoms with E-state index in [9.17, 15) is 39.9 Å². The van der Waals surface area contributed by atoms with E-state index in [2.05, 4.69) is 0 Å². The Labute approximate surface area is 181 Å². The van der Waals surface area contributed by atoms with Crippen molar-refractivity contribution in [1.82, 2.24) is 0 Å². The lowest BCUT2D eigenvalue weighted by molar-refractivity contribution is -0.385. The Kier molecular flexibility index (Phi) is 7.47. The fraction of sp³-hybridized carbons (Fsp3) is 0.238. The van der Waals surface area contributed by atoms with Crippen LogP contribution in [0.4, 0.5) is 11.4 Å². The Morgan fingerprint density at radius 3 is 1.53 bits per heavy atom. The molecule has 0 aliphatic heterocycles. The van der Waals surface area contributed by atoms with Crippen molar-refractivity contribution in [2.24, 2.45) is 5.41 Å². The molecule has 0 aromatic heterocycles. The maximum atomic E-state index is 12.7. The summed E-state index contributed by atoms with van der Waals surface area (Å²) in [4.78, 5) is 58.3. The molecule has 0 unspecified atom stereocenters. The molecule has 11 nitrogen and oxygen atoms in total. The quantitative estimate of drug-likeness (QED) is 0.233. The van der Waals surface area contributed by atoms with Gasteiger partial charge in [-0.3, -0.25) is 34.6 Å². The number of benzene rings is 2. The second-order valence-electron chi connectivity index (χ2n) is 6.72. The number of ether oxygens (including phenoxy) is 1. The first-order chi connectivity index (χ1) is 15.1. The molecule has 2 aromatic carbocycles. The highest BCUT2D eigenvalue weighted by Gasteiger charge is 2.44. The fourth-order valence-electron chi connectivity index (χ4n) is 2.89. The van der Waals surface area contributed by atoms with Gasteiger partial charge in [0.1, 0.15) is 0 Å². The first-order valence-electron chi connectivity index (χ1n) is 9.27. The summed E-state index contributed by atoms with van der Waals surface area (Å²) in [5.74, 6) is -2.44. The Hall–Kier alpha value is -4.46. The minimum absolute atomic E-state index is 0.0160. The van der Waals surface area contributed by atoms with Gasteiger partial charge in [-0.15, -0.1) is 0 Å². The molecule has 164 valence electrons. The van der Waals surface area contributed by atoms with E-state index in [0.717, 1.165) is 24.3 Å². The van der Waals surface area contributed by atoms with Gasteiger partial charge in [0.05, 0.1) is 22.5 Å². The van der Waals surface area contributed by atoms with Crippen LogP contribution in [0.1, 0.15) is 40.5 Å². The monoisotopic (exact) mass is 439 g/mol. The average Bonchev–Trinajstić information content (AvgIpc) is 2.78. The zero-order valence-corrected chi connectivity index (χ0v) is 16.8. The van der Waals surface area contributed by atoms with E-state index in [1.54, 1.807) is 6.07 Å². The summed E-state index contributed by atoms with van der Waals surface area (Å²) in [5.41, 5.74) is -2.60. The van der Waals surface area contributed by atoms with Crippen LogP contribution in [0.25, 0.3) is 0 Å². The van der Waals surface area contributed by atoms with Crippen LogP contribution >= 0.6 is 0 Å².